The zero-order valence-corrected chi connectivity index (χ0v) is 9.47. The third-order valence-corrected chi connectivity index (χ3v) is 3.64. The highest BCUT2D eigenvalue weighted by Gasteiger charge is 2.16. The van der Waals surface area contributed by atoms with Crippen LogP contribution in [0.15, 0.2) is 18.2 Å². The van der Waals surface area contributed by atoms with Crippen molar-refractivity contribution in [3.05, 3.63) is 28.2 Å². The molecule has 0 aliphatic rings. The fraction of sp³-hybridized carbons (Fsp3) is 0.200. The van der Waals surface area contributed by atoms with E-state index in [1.165, 1.54) is 11.3 Å². The number of pyridine rings is 1. The van der Waals surface area contributed by atoms with E-state index in [-0.39, 0.29) is 0 Å². The molecule has 0 fully saturated rings. The average Bonchev–Trinajstić information content (AvgIpc) is 2.58. The molecule has 2 aromatic rings. The van der Waals surface area contributed by atoms with Crippen LogP contribution in [0.25, 0.3) is 10.2 Å². The minimum absolute atomic E-state index is 0.426. The Morgan fingerprint density at radius 1 is 1.60 bits per heavy atom. The van der Waals surface area contributed by atoms with Gasteiger partial charge in [-0.3, -0.25) is 4.79 Å². The van der Waals surface area contributed by atoms with Crippen LogP contribution in [0.5, 0.6) is 0 Å². The van der Waals surface area contributed by atoms with Crippen LogP contribution in [0.2, 0.25) is 5.15 Å². The first-order valence-electron chi connectivity index (χ1n) is 4.36. The van der Waals surface area contributed by atoms with E-state index in [1.807, 2.05) is 6.07 Å². The normalized spacial score (nSPS) is 12.9. The molecule has 2 heterocycles. The molecule has 0 amide bonds. The third kappa shape index (κ3) is 1.96. The molecule has 0 saturated carbocycles. The fourth-order valence-electron chi connectivity index (χ4n) is 1.25. The van der Waals surface area contributed by atoms with Gasteiger partial charge < -0.3 is 5.11 Å². The monoisotopic (exact) mass is 241 g/mol. The van der Waals surface area contributed by atoms with Gasteiger partial charge in [0.1, 0.15) is 5.15 Å². The zero-order chi connectivity index (χ0) is 11.0. The maximum absolute atomic E-state index is 10.8. The van der Waals surface area contributed by atoms with Gasteiger partial charge in [0.2, 0.25) is 0 Å². The molecule has 3 nitrogen and oxygen atoms in total. The third-order valence-electron chi connectivity index (χ3n) is 2.16. The van der Waals surface area contributed by atoms with Crippen molar-refractivity contribution in [2.75, 3.05) is 0 Å². The standard InChI is InChI=1S/C10H8ClNO2S/c1-5(10(13)14)8-4-6-7(15-8)2-3-9(11)12-6/h2-5H,1H3,(H,13,14). The Morgan fingerprint density at radius 2 is 2.33 bits per heavy atom. The van der Waals surface area contributed by atoms with E-state index < -0.39 is 11.9 Å². The van der Waals surface area contributed by atoms with Crippen molar-refractivity contribution >= 4 is 39.1 Å². The molecule has 1 unspecified atom stereocenters. The molecule has 2 aromatic heterocycles. The highest BCUT2D eigenvalue weighted by atomic mass is 35.5. The predicted octanol–water partition coefficient (Wildman–Crippen LogP) is 3.14. The highest BCUT2D eigenvalue weighted by molar-refractivity contribution is 7.19. The van der Waals surface area contributed by atoms with E-state index in [2.05, 4.69) is 4.98 Å². The van der Waals surface area contributed by atoms with Crippen LogP contribution in [-0.2, 0) is 4.79 Å². The zero-order valence-electron chi connectivity index (χ0n) is 7.90. The van der Waals surface area contributed by atoms with Crippen LogP contribution in [0, 0.1) is 0 Å². The maximum Gasteiger partial charge on any atom is 0.311 e. The number of carbonyl (C=O) groups is 1. The van der Waals surface area contributed by atoms with E-state index in [9.17, 15) is 4.79 Å². The number of thiophene rings is 1. The molecule has 1 atom stereocenters. The molecule has 0 aromatic carbocycles. The lowest BCUT2D eigenvalue weighted by molar-refractivity contribution is -0.138. The van der Waals surface area contributed by atoms with E-state index in [4.69, 9.17) is 16.7 Å². The summed E-state index contributed by atoms with van der Waals surface area (Å²) in [6, 6.07) is 5.34. The average molecular weight is 242 g/mol. The molecule has 0 aliphatic carbocycles. The van der Waals surface area contributed by atoms with E-state index in [0.717, 1.165) is 15.1 Å². The van der Waals surface area contributed by atoms with Crippen molar-refractivity contribution in [1.29, 1.82) is 0 Å². The van der Waals surface area contributed by atoms with Crippen LogP contribution in [0.3, 0.4) is 0 Å². The van der Waals surface area contributed by atoms with Gasteiger partial charge in [0, 0.05) is 4.88 Å². The van der Waals surface area contributed by atoms with Crippen molar-refractivity contribution < 1.29 is 9.90 Å². The van der Waals surface area contributed by atoms with Crippen LogP contribution >= 0.6 is 22.9 Å². The van der Waals surface area contributed by atoms with Gasteiger partial charge in [-0.05, 0) is 25.1 Å². The van der Waals surface area contributed by atoms with Gasteiger partial charge >= 0.3 is 5.97 Å². The van der Waals surface area contributed by atoms with Crippen LogP contribution < -0.4 is 0 Å². The molecule has 1 N–H and O–H groups in total. The lowest BCUT2D eigenvalue weighted by Crippen LogP contribution is -2.05. The molecule has 0 radical (unpaired) electrons. The van der Waals surface area contributed by atoms with Crippen molar-refractivity contribution in [2.45, 2.75) is 12.8 Å². The van der Waals surface area contributed by atoms with E-state index in [0.29, 0.717) is 5.15 Å². The molecule has 2 rings (SSSR count). The Hall–Kier alpha value is -1.13. The van der Waals surface area contributed by atoms with E-state index >= 15 is 0 Å². The summed E-state index contributed by atoms with van der Waals surface area (Å²) in [4.78, 5) is 15.7. The summed E-state index contributed by atoms with van der Waals surface area (Å²) in [5, 5.41) is 9.30. The number of halogens is 1. The Labute approximate surface area is 95.3 Å². The van der Waals surface area contributed by atoms with Crippen molar-refractivity contribution in [2.24, 2.45) is 0 Å². The quantitative estimate of drug-likeness (QED) is 0.822. The summed E-state index contributed by atoms with van der Waals surface area (Å²) >= 11 is 7.19. The van der Waals surface area contributed by atoms with Gasteiger partial charge in [0.05, 0.1) is 16.1 Å². The van der Waals surface area contributed by atoms with Gasteiger partial charge in [-0.25, -0.2) is 4.98 Å². The number of hydrogen-bond donors (Lipinski definition) is 1. The molecular weight excluding hydrogens is 234 g/mol. The van der Waals surface area contributed by atoms with Crippen molar-refractivity contribution in [3.63, 3.8) is 0 Å². The number of carboxylic acid groups (broad SMARTS) is 1. The highest BCUT2D eigenvalue weighted by Crippen LogP contribution is 2.30. The first-order chi connectivity index (χ1) is 7.08. The number of carboxylic acids is 1. The second-order valence-electron chi connectivity index (χ2n) is 3.23. The summed E-state index contributed by atoms with van der Waals surface area (Å²) in [5.74, 6) is -1.32. The molecular formula is C10H8ClNO2S. The number of rotatable bonds is 2. The largest absolute Gasteiger partial charge is 0.481 e. The Morgan fingerprint density at radius 3 is 3.00 bits per heavy atom. The number of aliphatic carboxylic acids is 1. The summed E-state index contributed by atoms with van der Waals surface area (Å²) < 4.78 is 0.961. The maximum atomic E-state index is 10.8. The molecule has 0 bridgehead atoms. The first kappa shape index (κ1) is 10.4. The first-order valence-corrected chi connectivity index (χ1v) is 5.56. The van der Waals surface area contributed by atoms with Gasteiger partial charge in [-0.2, -0.15) is 0 Å². The van der Waals surface area contributed by atoms with Gasteiger partial charge in [-0.15, -0.1) is 11.3 Å². The second kappa shape index (κ2) is 3.79. The molecule has 15 heavy (non-hydrogen) atoms. The summed E-state index contributed by atoms with van der Waals surface area (Å²) in [7, 11) is 0. The van der Waals surface area contributed by atoms with Crippen molar-refractivity contribution in [1.82, 2.24) is 4.98 Å². The minimum Gasteiger partial charge on any atom is -0.481 e. The summed E-state index contributed by atoms with van der Waals surface area (Å²) in [5.41, 5.74) is 0.760. The SMILES string of the molecule is CC(C(=O)O)c1cc2nc(Cl)ccc2s1. The van der Waals surface area contributed by atoms with Crippen LogP contribution in [0.1, 0.15) is 17.7 Å². The van der Waals surface area contributed by atoms with Gasteiger partial charge in [-0.1, -0.05) is 11.6 Å². The molecule has 78 valence electrons. The Balaban J connectivity index is 2.51. The van der Waals surface area contributed by atoms with Crippen LogP contribution in [0.4, 0.5) is 0 Å². The summed E-state index contributed by atoms with van der Waals surface area (Å²) in [6.07, 6.45) is 0. The second-order valence-corrected chi connectivity index (χ2v) is 4.73. The summed E-state index contributed by atoms with van der Waals surface area (Å²) in [6.45, 7) is 1.66. The predicted molar refractivity (Wildman–Crippen MR) is 60.7 cm³/mol. The number of hydrogen-bond acceptors (Lipinski definition) is 3. The van der Waals surface area contributed by atoms with Gasteiger partial charge in [0.15, 0.2) is 0 Å². The minimum atomic E-state index is -0.826. The molecule has 5 heteroatoms. The fourth-order valence-corrected chi connectivity index (χ4v) is 2.45. The van der Waals surface area contributed by atoms with Crippen LogP contribution in [-0.4, -0.2) is 16.1 Å². The molecule has 0 saturated heterocycles. The number of nitrogens with zero attached hydrogens (tertiary/aromatic N) is 1. The molecule has 0 aliphatic heterocycles. The number of fused-ring (bicyclic) bond motifs is 1. The lowest BCUT2D eigenvalue weighted by Gasteiger charge is -1.99. The van der Waals surface area contributed by atoms with Gasteiger partial charge in [0.25, 0.3) is 0 Å². The smallest absolute Gasteiger partial charge is 0.311 e. The Bertz CT molecular complexity index is 523. The van der Waals surface area contributed by atoms with Crippen molar-refractivity contribution in [3.8, 4) is 0 Å². The van der Waals surface area contributed by atoms with E-state index in [1.54, 1.807) is 19.1 Å². The number of aromatic nitrogens is 1. The Kier molecular flexibility index (Phi) is 2.63. The molecule has 0 spiro atoms. The topological polar surface area (TPSA) is 50.2 Å². The lowest BCUT2D eigenvalue weighted by atomic mass is 10.1.